The Kier molecular flexibility index (Phi) is 11.8. The van der Waals surface area contributed by atoms with Crippen molar-refractivity contribution < 1.29 is 4.79 Å². The minimum Gasteiger partial charge on any atom is -0.339 e. The number of rotatable bonds is 8. The van der Waals surface area contributed by atoms with Gasteiger partial charge in [-0.3, -0.25) is 4.79 Å². The molecular formula is C14H31ClN2O. The molecule has 0 saturated heterocycles. The minimum atomic E-state index is 0. The van der Waals surface area contributed by atoms with Crippen molar-refractivity contribution in [2.75, 3.05) is 20.1 Å². The van der Waals surface area contributed by atoms with Crippen LogP contribution in [0.2, 0.25) is 0 Å². The summed E-state index contributed by atoms with van der Waals surface area (Å²) in [7, 11) is 1.90. The molecule has 0 aromatic rings. The van der Waals surface area contributed by atoms with Crippen LogP contribution in [0.25, 0.3) is 0 Å². The van der Waals surface area contributed by atoms with Crippen LogP contribution in [0.1, 0.15) is 47.5 Å². The summed E-state index contributed by atoms with van der Waals surface area (Å²) in [5.41, 5.74) is 0. The molecule has 1 atom stereocenters. The van der Waals surface area contributed by atoms with Crippen molar-refractivity contribution in [3.8, 4) is 0 Å². The number of halogens is 1. The molecule has 0 saturated carbocycles. The maximum absolute atomic E-state index is 12.4. The first-order valence-corrected chi connectivity index (χ1v) is 6.92. The predicted molar refractivity (Wildman–Crippen MR) is 81.3 cm³/mol. The van der Waals surface area contributed by atoms with E-state index >= 15 is 0 Å². The van der Waals surface area contributed by atoms with Gasteiger partial charge in [0.2, 0.25) is 5.91 Å². The van der Waals surface area contributed by atoms with Gasteiger partial charge in [0, 0.05) is 25.0 Å². The first-order valence-electron chi connectivity index (χ1n) is 6.92. The van der Waals surface area contributed by atoms with E-state index < -0.39 is 0 Å². The van der Waals surface area contributed by atoms with E-state index in [1.165, 1.54) is 0 Å². The second-order valence-electron chi connectivity index (χ2n) is 5.31. The van der Waals surface area contributed by atoms with Crippen molar-refractivity contribution in [3.63, 3.8) is 0 Å². The van der Waals surface area contributed by atoms with Gasteiger partial charge < -0.3 is 10.2 Å². The summed E-state index contributed by atoms with van der Waals surface area (Å²) in [4.78, 5) is 14.5. The number of hydrogen-bond donors (Lipinski definition) is 1. The third-order valence-electron chi connectivity index (χ3n) is 3.16. The third-order valence-corrected chi connectivity index (χ3v) is 3.16. The smallest absolute Gasteiger partial charge is 0.226 e. The van der Waals surface area contributed by atoms with Crippen molar-refractivity contribution in [1.82, 2.24) is 10.2 Å². The zero-order valence-corrected chi connectivity index (χ0v) is 13.6. The fourth-order valence-corrected chi connectivity index (χ4v) is 2.22. The number of carbonyl (C=O) groups is 1. The first-order chi connectivity index (χ1) is 7.97. The van der Waals surface area contributed by atoms with Gasteiger partial charge >= 0.3 is 0 Å². The normalized spacial score (nSPS) is 12.4. The summed E-state index contributed by atoms with van der Waals surface area (Å²) in [5, 5.41) is 3.08. The van der Waals surface area contributed by atoms with Gasteiger partial charge in [-0.2, -0.15) is 0 Å². The average Bonchev–Trinajstić information content (AvgIpc) is 2.28. The molecule has 4 heteroatoms. The maximum Gasteiger partial charge on any atom is 0.226 e. The zero-order valence-electron chi connectivity index (χ0n) is 12.8. The molecule has 0 aliphatic heterocycles. The molecule has 0 rings (SSSR count). The van der Waals surface area contributed by atoms with E-state index in [-0.39, 0.29) is 18.3 Å². The van der Waals surface area contributed by atoms with Gasteiger partial charge in [-0.25, -0.2) is 0 Å². The summed E-state index contributed by atoms with van der Waals surface area (Å²) >= 11 is 0. The molecule has 0 spiro atoms. The van der Waals surface area contributed by atoms with Crippen LogP contribution in [0, 0.1) is 11.8 Å². The summed E-state index contributed by atoms with van der Waals surface area (Å²) in [6, 6.07) is 0.393. The van der Waals surface area contributed by atoms with Gasteiger partial charge in [0.1, 0.15) is 0 Å². The van der Waals surface area contributed by atoms with Crippen LogP contribution < -0.4 is 5.32 Å². The summed E-state index contributed by atoms with van der Waals surface area (Å²) < 4.78 is 0. The van der Waals surface area contributed by atoms with E-state index in [9.17, 15) is 4.79 Å². The molecule has 0 aromatic heterocycles. The number of nitrogens with zero attached hydrogens (tertiary/aromatic N) is 1. The predicted octanol–water partition coefficient (Wildman–Crippen LogP) is 2.94. The molecule has 1 unspecified atom stereocenters. The second-order valence-corrected chi connectivity index (χ2v) is 5.31. The Morgan fingerprint density at radius 3 is 2.00 bits per heavy atom. The molecule has 0 fully saturated rings. The summed E-state index contributed by atoms with van der Waals surface area (Å²) in [5.74, 6) is 0.891. The Morgan fingerprint density at radius 2 is 1.67 bits per heavy atom. The lowest BCUT2D eigenvalue weighted by atomic mass is 10.0. The monoisotopic (exact) mass is 278 g/mol. The lowest BCUT2D eigenvalue weighted by Gasteiger charge is -2.34. The average molecular weight is 279 g/mol. The zero-order chi connectivity index (χ0) is 13.4. The molecule has 0 radical (unpaired) electrons. The molecule has 0 aliphatic carbocycles. The lowest BCUT2D eigenvalue weighted by Crippen LogP contribution is -2.46. The first kappa shape index (κ1) is 20.0. The summed E-state index contributed by atoms with van der Waals surface area (Å²) in [6.45, 7) is 12.3. The van der Waals surface area contributed by atoms with Crippen molar-refractivity contribution in [2.24, 2.45) is 11.8 Å². The van der Waals surface area contributed by atoms with E-state index in [2.05, 4.69) is 37.9 Å². The van der Waals surface area contributed by atoms with Crippen molar-refractivity contribution in [3.05, 3.63) is 0 Å². The van der Waals surface area contributed by atoms with E-state index in [0.29, 0.717) is 17.9 Å². The highest BCUT2D eigenvalue weighted by atomic mass is 35.5. The van der Waals surface area contributed by atoms with Crippen molar-refractivity contribution >= 4 is 18.3 Å². The van der Waals surface area contributed by atoms with Gasteiger partial charge in [-0.15, -0.1) is 12.4 Å². The van der Waals surface area contributed by atoms with E-state index in [4.69, 9.17) is 0 Å². The molecule has 0 aromatic carbocycles. The Morgan fingerprint density at radius 1 is 1.17 bits per heavy atom. The fraction of sp³-hybridized carbons (Fsp3) is 0.929. The standard InChI is InChI=1S/C14H30N2O.ClH/c1-7-13(8-2)16(10-11(3)4)14(17)12(5)9-15-6;/h11-13,15H,7-10H2,1-6H3;1H. The molecular weight excluding hydrogens is 248 g/mol. The van der Waals surface area contributed by atoms with Crippen LogP contribution in [-0.4, -0.2) is 37.0 Å². The van der Waals surface area contributed by atoms with Crippen LogP contribution in [0.15, 0.2) is 0 Å². The number of carbonyl (C=O) groups excluding carboxylic acids is 1. The minimum absolute atomic E-state index is 0. The Hall–Kier alpha value is -0.280. The largest absolute Gasteiger partial charge is 0.339 e. The van der Waals surface area contributed by atoms with E-state index in [1.54, 1.807) is 0 Å². The highest BCUT2D eigenvalue weighted by Gasteiger charge is 2.25. The van der Waals surface area contributed by atoms with Gasteiger partial charge in [-0.05, 0) is 25.8 Å². The quantitative estimate of drug-likeness (QED) is 0.740. The number of hydrogen-bond acceptors (Lipinski definition) is 2. The topological polar surface area (TPSA) is 32.3 Å². The maximum atomic E-state index is 12.4. The van der Waals surface area contributed by atoms with Crippen LogP contribution >= 0.6 is 12.4 Å². The summed E-state index contributed by atoms with van der Waals surface area (Å²) in [6.07, 6.45) is 2.09. The molecule has 0 aliphatic rings. The van der Waals surface area contributed by atoms with Gasteiger partial charge in [0.25, 0.3) is 0 Å². The Labute approximate surface area is 119 Å². The molecule has 110 valence electrons. The van der Waals surface area contributed by atoms with E-state index in [1.807, 2.05) is 14.0 Å². The SMILES string of the molecule is CCC(CC)N(CC(C)C)C(=O)C(C)CNC.Cl. The van der Waals surface area contributed by atoms with Crippen LogP contribution in [0.4, 0.5) is 0 Å². The Bertz CT molecular complexity index is 218. The molecule has 18 heavy (non-hydrogen) atoms. The van der Waals surface area contributed by atoms with Gasteiger partial charge in [0.05, 0.1) is 0 Å². The van der Waals surface area contributed by atoms with Crippen LogP contribution in [0.5, 0.6) is 0 Å². The van der Waals surface area contributed by atoms with E-state index in [0.717, 1.165) is 25.9 Å². The fourth-order valence-electron chi connectivity index (χ4n) is 2.22. The van der Waals surface area contributed by atoms with Gasteiger partial charge in [-0.1, -0.05) is 34.6 Å². The second kappa shape index (κ2) is 10.6. The Balaban J connectivity index is 0. The van der Waals surface area contributed by atoms with Crippen LogP contribution in [0.3, 0.4) is 0 Å². The molecule has 3 nitrogen and oxygen atoms in total. The molecule has 1 N–H and O–H groups in total. The molecule has 1 amide bonds. The third kappa shape index (κ3) is 6.60. The highest BCUT2D eigenvalue weighted by molar-refractivity contribution is 5.85. The van der Waals surface area contributed by atoms with Crippen molar-refractivity contribution in [2.45, 2.75) is 53.5 Å². The highest BCUT2D eigenvalue weighted by Crippen LogP contribution is 2.15. The number of nitrogens with one attached hydrogen (secondary N) is 1. The van der Waals surface area contributed by atoms with Crippen molar-refractivity contribution in [1.29, 1.82) is 0 Å². The molecule has 0 heterocycles. The lowest BCUT2D eigenvalue weighted by molar-refractivity contribution is -0.138. The van der Waals surface area contributed by atoms with Crippen LogP contribution in [-0.2, 0) is 4.79 Å². The van der Waals surface area contributed by atoms with Gasteiger partial charge in [0.15, 0.2) is 0 Å². The number of amides is 1. The molecule has 0 bridgehead atoms.